The van der Waals surface area contributed by atoms with Gasteiger partial charge in [-0.15, -0.1) is 0 Å². The highest BCUT2D eigenvalue weighted by atomic mass is 32.2. The lowest BCUT2D eigenvalue weighted by Crippen LogP contribution is -2.02. The number of nitrogens with zero attached hydrogens (tertiary/aromatic N) is 5. The fraction of sp³-hybridized carbons (Fsp3) is 0.214. The minimum absolute atomic E-state index is 0.898. The van der Waals surface area contributed by atoms with Crippen LogP contribution >= 0.6 is 11.8 Å². The number of aromatic nitrogens is 5. The van der Waals surface area contributed by atoms with Gasteiger partial charge in [0.25, 0.3) is 0 Å². The Morgan fingerprint density at radius 2 is 1.85 bits per heavy atom. The molecule has 0 amide bonds. The molecule has 0 spiro atoms. The van der Waals surface area contributed by atoms with Crippen LogP contribution < -0.4 is 0 Å². The molecule has 3 heterocycles. The summed E-state index contributed by atoms with van der Waals surface area (Å²) in [7, 11) is 2.01. The van der Waals surface area contributed by atoms with Crippen molar-refractivity contribution in [2.45, 2.75) is 11.7 Å². The molecule has 102 valence electrons. The summed E-state index contributed by atoms with van der Waals surface area (Å²) in [4.78, 5) is 12.8. The Morgan fingerprint density at radius 3 is 2.60 bits per heavy atom. The Hall–Kier alpha value is -2.08. The minimum Gasteiger partial charge on any atom is -0.330 e. The third-order valence-electron chi connectivity index (χ3n) is 2.99. The Labute approximate surface area is 121 Å². The summed E-state index contributed by atoms with van der Waals surface area (Å²) in [6.45, 7) is 0.898. The van der Waals surface area contributed by atoms with E-state index in [0.717, 1.165) is 28.8 Å². The average molecular weight is 285 g/mol. The molecule has 0 N–H and O–H groups in total. The molecule has 5 nitrogen and oxygen atoms in total. The molecule has 0 aliphatic carbocycles. The fourth-order valence-corrected chi connectivity index (χ4v) is 2.85. The van der Waals surface area contributed by atoms with Crippen molar-refractivity contribution in [3.8, 4) is 11.4 Å². The largest absolute Gasteiger partial charge is 0.330 e. The Kier molecular flexibility index (Phi) is 3.83. The van der Waals surface area contributed by atoms with Crippen LogP contribution in [0.4, 0.5) is 0 Å². The second-order valence-electron chi connectivity index (χ2n) is 4.35. The molecule has 0 fully saturated rings. The van der Waals surface area contributed by atoms with Gasteiger partial charge in [0.2, 0.25) is 0 Å². The lowest BCUT2D eigenvalue weighted by atomic mass is 10.2. The van der Waals surface area contributed by atoms with Gasteiger partial charge in [-0.1, -0.05) is 11.8 Å². The first-order valence-corrected chi connectivity index (χ1v) is 7.35. The number of hydrogen-bond acceptors (Lipinski definition) is 4. The van der Waals surface area contributed by atoms with Gasteiger partial charge in [0.05, 0.1) is 0 Å². The van der Waals surface area contributed by atoms with Crippen molar-refractivity contribution < 1.29 is 0 Å². The van der Waals surface area contributed by atoms with Crippen LogP contribution in [0.2, 0.25) is 0 Å². The van der Waals surface area contributed by atoms with Crippen LogP contribution in [0.1, 0.15) is 0 Å². The van der Waals surface area contributed by atoms with E-state index >= 15 is 0 Å². The molecule has 0 bridgehead atoms. The second kappa shape index (κ2) is 5.92. The van der Waals surface area contributed by atoms with Crippen molar-refractivity contribution >= 4 is 11.8 Å². The summed E-state index contributed by atoms with van der Waals surface area (Å²) in [5, 5.41) is 1.04. The molecule has 0 saturated carbocycles. The number of aryl methyl sites for hydroxylation is 2. The van der Waals surface area contributed by atoms with Crippen molar-refractivity contribution in [3.05, 3.63) is 49.3 Å². The molecule has 0 atom stereocenters. The molecule has 3 rings (SSSR count). The summed E-state index contributed by atoms with van der Waals surface area (Å²) in [5.74, 6) is 1.94. The molecule has 0 unspecified atom stereocenters. The van der Waals surface area contributed by atoms with Crippen LogP contribution in [-0.4, -0.2) is 29.8 Å². The van der Waals surface area contributed by atoms with Gasteiger partial charge in [-0.05, 0) is 12.1 Å². The van der Waals surface area contributed by atoms with Crippen LogP contribution in [0.3, 0.4) is 0 Å². The van der Waals surface area contributed by atoms with Crippen molar-refractivity contribution in [3.63, 3.8) is 0 Å². The van der Waals surface area contributed by atoms with Gasteiger partial charge in [-0.3, -0.25) is 4.98 Å². The van der Waals surface area contributed by atoms with E-state index in [1.807, 2.05) is 48.5 Å². The molecule has 20 heavy (non-hydrogen) atoms. The summed E-state index contributed by atoms with van der Waals surface area (Å²) in [6, 6.07) is 3.95. The summed E-state index contributed by atoms with van der Waals surface area (Å²) in [5.41, 5.74) is 1.09. The Bertz CT molecular complexity index is 674. The Balaban J connectivity index is 1.67. The summed E-state index contributed by atoms with van der Waals surface area (Å²) < 4.78 is 4.19. The third-order valence-corrected chi connectivity index (χ3v) is 4.03. The maximum atomic E-state index is 4.42. The zero-order valence-corrected chi connectivity index (χ0v) is 12.0. The lowest BCUT2D eigenvalue weighted by Gasteiger charge is -2.07. The van der Waals surface area contributed by atoms with E-state index in [9.17, 15) is 0 Å². The van der Waals surface area contributed by atoms with Crippen LogP contribution in [0.25, 0.3) is 11.4 Å². The van der Waals surface area contributed by atoms with E-state index in [2.05, 4.69) is 19.5 Å². The highest BCUT2D eigenvalue weighted by Crippen LogP contribution is 2.19. The fourth-order valence-electron chi connectivity index (χ4n) is 1.98. The van der Waals surface area contributed by atoms with E-state index < -0.39 is 0 Å². The van der Waals surface area contributed by atoms with Crippen LogP contribution in [0, 0.1) is 0 Å². The molecule has 0 radical (unpaired) electrons. The van der Waals surface area contributed by atoms with Gasteiger partial charge in [0, 0.05) is 62.1 Å². The highest BCUT2D eigenvalue weighted by molar-refractivity contribution is 7.99. The number of imidazole rings is 2. The van der Waals surface area contributed by atoms with Crippen LogP contribution in [0.15, 0.2) is 54.5 Å². The van der Waals surface area contributed by atoms with Gasteiger partial charge in [-0.25, -0.2) is 9.97 Å². The SMILES string of the molecule is Cn1ccnc1SCCn1ccnc1-c1ccncc1. The van der Waals surface area contributed by atoms with E-state index in [1.165, 1.54) is 0 Å². The molecule has 0 aliphatic rings. The Morgan fingerprint density at radius 1 is 1.05 bits per heavy atom. The molecular formula is C14H15N5S. The first-order chi connectivity index (χ1) is 9.84. The zero-order valence-electron chi connectivity index (χ0n) is 11.2. The molecule has 6 heteroatoms. The summed E-state index contributed by atoms with van der Waals surface area (Å²) >= 11 is 1.75. The molecule has 3 aromatic heterocycles. The first kappa shape index (κ1) is 12.9. The van der Waals surface area contributed by atoms with E-state index in [1.54, 1.807) is 24.2 Å². The van der Waals surface area contributed by atoms with Gasteiger partial charge >= 0.3 is 0 Å². The quantitative estimate of drug-likeness (QED) is 0.676. The van der Waals surface area contributed by atoms with E-state index in [-0.39, 0.29) is 0 Å². The van der Waals surface area contributed by atoms with E-state index in [4.69, 9.17) is 0 Å². The van der Waals surface area contributed by atoms with Gasteiger partial charge in [0.15, 0.2) is 5.16 Å². The average Bonchev–Trinajstić information content (AvgIpc) is 3.10. The van der Waals surface area contributed by atoms with Crippen molar-refractivity contribution in [2.75, 3.05) is 5.75 Å². The second-order valence-corrected chi connectivity index (χ2v) is 5.41. The maximum Gasteiger partial charge on any atom is 0.167 e. The number of pyridine rings is 1. The third kappa shape index (κ3) is 2.75. The predicted molar refractivity (Wildman–Crippen MR) is 79.4 cm³/mol. The number of hydrogen-bond donors (Lipinski definition) is 0. The highest BCUT2D eigenvalue weighted by Gasteiger charge is 2.06. The molecule has 3 aromatic rings. The maximum absolute atomic E-state index is 4.42. The topological polar surface area (TPSA) is 48.5 Å². The van der Waals surface area contributed by atoms with Gasteiger partial charge in [-0.2, -0.15) is 0 Å². The molecule has 0 aromatic carbocycles. The van der Waals surface area contributed by atoms with Crippen LogP contribution in [0.5, 0.6) is 0 Å². The van der Waals surface area contributed by atoms with Crippen LogP contribution in [-0.2, 0) is 13.6 Å². The van der Waals surface area contributed by atoms with Gasteiger partial charge < -0.3 is 9.13 Å². The smallest absolute Gasteiger partial charge is 0.167 e. The molecular weight excluding hydrogens is 270 g/mol. The summed E-state index contributed by atoms with van der Waals surface area (Å²) in [6.07, 6.45) is 11.2. The van der Waals surface area contributed by atoms with Crippen molar-refractivity contribution in [1.29, 1.82) is 0 Å². The zero-order chi connectivity index (χ0) is 13.8. The normalized spacial score (nSPS) is 10.8. The standard InChI is InChI=1S/C14H15N5S/c1-18-8-6-17-14(18)20-11-10-19-9-7-16-13(19)12-2-4-15-5-3-12/h2-9H,10-11H2,1H3. The molecule has 0 aliphatic heterocycles. The number of rotatable bonds is 5. The van der Waals surface area contributed by atoms with E-state index in [0.29, 0.717) is 0 Å². The first-order valence-electron chi connectivity index (χ1n) is 6.36. The number of thioether (sulfide) groups is 1. The monoisotopic (exact) mass is 285 g/mol. The minimum atomic E-state index is 0.898. The van der Waals surface area contributed by atoms with Crippen molar-refractivity contribution in [1.82, 2.24) is 24.1 Å². The van der Waals surface area contributed by atoms with Gasteiger partial charge in [0.1, 0.15) is 5.82 Å². The van der Waals surface area contributed by atoms with Crippen molar-refractivity contribution in [2.24, 2.45) is 7.05 Å². The lowest BCUT2D eigenvalue weighted by molar-refractivity contribution is 0.764. The predicted octanol–water partition coefficient (Wildman–Crippen LogP) is 2.47. The molecule has 0 saturated heterocycles.